The molecular formula is C18H14ClN5OS. The number of hydrogen-bond donors (Lipinski definition) is 1. The normalized spacial score (nSPS) is 10.8. The van der Waals surface area contributed by atoms with E-state index in [9.17, 15) is 0 Å². The SMILES string of the molecule is Cc1ccc2c(Nc3cccc(OCc4cnc(Cl)s4)c3)ncnc2n1. The van der Waals surface area contributed by atoms with Gasteiger partial charge in [0.1, 0.15) is 24.5 Å². The molecule has 26 heavy (non-hydrogen) atoms. The molecule has 1 N–H and O–H groups in total. The van der Waals surface area contributed by atoms with E-state index in [1.54, 1.807) is 6.20 Å². The summed E-state index contributed by atoms with van der Waals surface area (Å²) in [6, 6.07) is 11.6. The van der Waals surface area contributed by atoms with Crippen LogP contribution in [-0.2, 0) is 6.61 Å². The Balaban J connectivity index is 1.54. The zero-order valence-electron chi connectivity index (χ0n) is 13.8. The average molecular weight is 384 g/mol. The summed E-state index contributed by atoms with van der Waals surface area (Å²) in [7, 11) is 0. The van der Waals surface area contributed by atoms with Crippen molar-refractivity contribution in [1.29, 1.82) is 0 Å². The zero-order chi connectivity index (χ0) is 17.9. The van der Waals surface area contributed by atoms with Crippen molar-refractivity contribution < 1.29 is 4.74 Å². The third-order valence-corrected chi connectivity index (χ3v) is 4.73. The monoisotopic (exact) mass is 383 g/mol. The lowest BCUT2D eigenvalue weighted by Gasteiger charge is -2.10. The lowest BCUT2D eigenvalue weighted by atomic mass is 10.2. The minimum atomic E-state index is 0.424. The van der Waals surface area contributed by atoms with Gasteiger partial charge in [-0.25, -0.2) is 19.9 Å². The van der Waals surface area contributed by atoms with Crippen LogP contribution in [0, 0.1) is 6.92 Å². The Hall–Kier alpha value is -2.77. The number of aromatic nitrogens is 4. The molecule has 4 rings (SSSR count). The fourth-order valence-electron chi connectivity index (χ4n) is 2.44. The first-order chi connectivity index (χ1) is 12.7. The highest BCUT2D eigenvalue weighted by Gasteiger charge is 2.07. The Kier molecular flexibility index (Phi) is 4.64. The van der Waals surface area contributed by atoms with Crippen LogP contribution in [0.25, 0.3) is 11.0 Å². The molecule has 6 nitrogen and oxygen atoms in total. The van der Waals surface area contributed by atoms with E-state index in [4.69, 9.17) is 16.3 Å². The fraction of sp³-hybridized carbons (Fsp3) is 0.111. The Labute approximate surface area is 158 Å². The van der Waals surface area contributed by atoms with Crippen LogP contribution in [0.5, 0.6) is 5.75 Å². The van der Waals surface area contributed by atoms with Crippen molar-refractivity contribution in [3.05, 3.63) is 64.0 Å². The summed E-state index contributed by atoms with van der Waals surface area (Å²) in [5.41, 5.74) is 2.45. The van der Waals surface area contributed by atoms with Crippen LogP contribution < -0.4 is 10.1 Å². The van der Waals surface area contributed by atoms with Crippen molar-refractivity contribution in [2.24, 2.45) is 0 Å². The Morgan fingerprint density at radius 2 is 2.08 bits per heavy atom. The molecule has 0 unspecified atom stereocenters. The van der Waals surface area contributed by atoms with Crippen LogP contribution in [0.15, 0.2) is 48.9 Å². The van der Waals surface area contributed by atoms with E-state index < -0.39 is 0 Å². The van der Waals surface area contributed by atoms with Gasteiger partial charge in [0.2, 0.25) is 0 Å². The summed E-state index contributed by atoms with van der Waals surface area (Å²) in [4.78, 5) is 18.0. The lowest BCUT2D eigenvalue weighted by Crippen LogP contribution is -1.98. The molecular weight excluding hydrogens is 370 g/mol. The highest BCUT2D eigenvalue weighted by molar-refractivity contribution is 7.15. The predicted octanol–water partition coefficient (Wildman–Crippen LogP) is 4.77. The van der Waals surface area contributed by atoms with Crippen LogP contribution in [0.2, 0.25) is 4.47 Å². The summed E-state index contributed by atoms with van der Waals surface area (Å²) in [5, 5.41) is 4.17. The summed E-state index contributed by atoms with van der Waals surface area (Å²) >= 11 is 7.25. The van der Waals surface area contributed by atoms with Gasteiger partial charge in [-0.1, -0.05) is 17.7 Å². The van der Waals surface area contributed by atoms with Crippen molar-refractivity contribution >= 4 is 45.5 Å². The number of nitrogens with one attached hydrogen (secondary N) is 1. The van der Waals surface area contributed by atoms with E-state index in [0.29, 0.717) is 22.5 Å². The number of hydrogen-bond acceptors (Lipinski definition) is 7. The topological polar surface area (TPSA) is 72.8 Å². The Morgan fingerprint density at radius 1 is 1.15 bits per heavy atom. The largest absolute Gasteiger partial charge is 0.488 e. The van der Waals surface area contributed by atoms with Crippen LogP contribution in [-0.4, -0.2) is 19.9 Å². The standard InChI is InChI=1S/C18H14ClN5OS/c1-11-5-6-15-16(23-11)21-10-22-17(15)24-12-3-2-4-13(7-12)25-9-14-8-20-18(19)26-14/h2-8,10H,9H2,1H3,(H,21,22,23,24). The molecule has 0 saturated heterocycles. The molecule has 0 saturated carbocycles. The minimum Gasteiger partial charge on any atom is -0.488 e. The van der Waals surface area contributed by atoms with E-state index in [1.165, 1.54) is 17.7 Å². The molecule has 0 bridgehead atoms. The third-order valence-electron chi connectivity index (χ3n) is 3.64. The molecule has 4 aromatic rings. The van der Waals surface area contributed by atoms with Crippen molar-refractivity contribution in [3.8, 4) is 5.75 Å². The molecule has 0 fully saturated rings. The van der Waals surface area contributed by atoms with E-state index >= 15 is 0 Å². The maximum Gasteiger partial charge on any atom is 0.183 e. The number of nitrogens with zero attached hydrogens (tertiary/aromatic N) is 4. The van der Waals surface area contributed by atoms with E-state index in [-0.39, 0.29) is 0 Å². The molecule has 0 atom stereocenters. The van der Waals surface area contributed by atoms with E-state index in [2.05, 4.69) is 25.3 Å². The van der Waals surface area contributed by atoms with Crippen molar-refractivity contribution in [2.45, 2.75) is 13.5 Å². The number of benzene rings is 1. The first-order valence-electron chi connectivity index (χ1n) is 7.86. The molecule has 0 spiro atoms. The second-order valence-electron chi connectivity index (χ2n) is 5.57. The van der Waals surface area contributed by atoms with Crippen LogP contribution in [0.1, 0.15) is 10.6 Å². The number of halogens is 1. The highest BCUT2D eigenvalue weighted by atomic mass is 35.5. The number of rotatable bonds is 5. The molecule has 0 aliphatic carbocycles. The van der Waals surface area contributed by atoms with E-state index in [0.717, 1.165) is 27.4 Å². The fourth-order valence-corrected chi connectivity index (χ4v) is 3.33. The molecule has 3 heterocycles. The van der Waals surface area contributed by atoms with Crippen LogP contribution in [0.3, 0.4) is 0 Å². The molecule has 130 valence electrons. The molecule has 0 radical (unpaired) electrons. The zero-order valence-corrected chi connectivity index (χ0v) is 15.4. The minimum absolute atomic E-state index is 0.424. The number of ether oxygens (including phenoxy) is 1. The molecule has 1 aromatic carbocycles. The number of thiazole rings is 1. The van der Waals surface area contributed by atoms with Crippen molar-refractivity contribution in [3.63, 3.8) is 0 Å². The molecule has 0 aliphatic rings. The quantitative estimate of drug-likeness (QED) is 0.535. The predicted molar refractivity (Wildman–Crippen MR) is 103 cm³/mol. The Morgan fingerprint density at radius 3 is 2.92 bits per heavy atom. The summed E-state index contributed by atoms with van der Waals surface area (Å²) in [6.07, 6.45) is 3.22. The average Bonchev–Trinajstić information content (AvgIpc) is 3.06. The molecule has 3 aromatic heterocycles. The van der Waals surface area contributed by atoms with Crippen molar-refractivity contribution in [2.75, 3.05) is 5.32 Å². The summed E-state index contributed by atoms with van der Waals surface area (Å²) in [5.74, 6) is 1.45. The highest BCUT2D eigenvalue weighted by Crippen LogP contribution is 2.26. The van der Waals surface area contributed by atoms with Gasteiger partial charge in [0.05, 0.1) is 10.3 Å². The number of pyridine rings is 1. The maximum absolute atomic E-state index is 5.84. The van der Waals surface area contributed by atoms with E-state index in [1.807, 2.05) is 43.3 Å². The smallest absolute Gasteiger partial charge is 0.183 e. The van der Waals surface area contributed by atoms with Crippen molar-refractivity contribution in [1.82, 2.24) is 19.9 Å². The second kappa shape index (κ2) is 7.23. The summed E-state index contributed by atoms with van der Waals surface area (Å²) in [6.45, 7) is 2.36. The van der Waals surface area contributed by atoms with Gasteiger partial charge in [-0.05, 0) is 31.2 Å². The third kappa shape index (κ3) is 3.74. The van der Waals surface area contributed by atoms with Gasteiger partial charge in [0, 0.05) is 23.6 Å². The lowest BCUT2D eigenvalue weighted by molar-refractivity contribution is 0.310. The number of aryl methyl sites for hydroxylation is 1. The Bertz CT molecular complexity index is 1070. The van der Waals surface area contributed by atoms with Gasteiger partial charge in [-0.15, -0.1) is 11.3 Å². The van der Waals surface area contributed by atoms with Gasteiger partial charge >= 0.3 is 0 Å². The molecule has 0 aliphatic heterocycles. The number of anilines is 2. The van der Waals surface area contributed by atoms with Gasteiger partial charge < -0.3 is 10.1 Å². The molecule has 8 heteroatoms. The first kappa shape index (κ1) is 16.7. The van der Waals surface area contributed by atoms with Crippen LogP contribution >= 0.6 is 22.9 Å². The maximum atomic E-state index is 5.84. The number of fused-ring (bicyclic) bond motifs is 1. The van der Waals surface area contributed by atoms with Crippen LogP contribution in [0.4, 0.5) is 11.5 Å². The first-order valence-corrected chi connectivity index (χ1v) is 9.05. The molecule has 0 amide bonds. The van der Waals surface area contributed by atoms with Gasteiger partial charge in [0.25, 0.3) is 0 Å². The second-order valence-corrected chi connectivity index (χ2v) is 7.26. The van der Waals surface area contributed by atoms with Gasteiger partial charge in [-0.2, -0.15) is 0 Å². The van der Waals surface area contributed by atoms with Gasteiger partial charge in [-0.3, -0.25) is 0 Å². The summed E-state index contributed by atoms with van der Waals surface area (Å²) < 4.78 is 6.33. The van der Waals surface area contributed by atoms with Gasteiger partial charge in [0.15, 0.2) is 10.1 Å².